The highest BCUT2D eigenvalue weighted by atomic mass is 79.9. The second-order valence-corrected chi connectivity index (χ2v) is 7.06. The maximum atomic E-state index is 12.5. The summed E-state index contributed by atoms with van der Waals surface area (Å²) in [5.74, 6) is 0.0507. The minimum absolute atomic E-state index is 0.0348. The average Bonchev–Trinajstić information content (AvgIpc) is 2.62. The molecule has 2 heterocycles. The van der Waals surface area contributed by atoms with Gasteiger partial charge in [0.15, 0.2) is 5.78 Å². The molecule has 4 nitrogen and oxygen atoms in total. The van der Waals surface area contributed by atoms with Crippen molar-refractivity contribution < 1.29 is 9.59 Å². The average molecular weight is 408 g/mol. The molecule has 1 fully saturated rings. The van der Waals surface area contributed by atoms with Crippen molar-refractivity contribution in [2.24, 2.45) is 5.92 Å². The first-order valence-corrected chi connectivity index (χ1v) is 8.92. The number of piperidine rings is 1. The van der Waals surface area contributed by atoms with Crippen molar-refractivity contribution in [3.05, 3.63) is 63.3 Å². The van der Waals surface area contributed by atoms with Gasteiger partial charge in [-0.25, -0.2) is 4.98 Å². The summed E-state index contributed by atoms with van der Waals surface area (Å²) in [6.07, 6.45) is 2.92. The molecular weight excluding hydrogens is 392 g/mol. The Morgan fingerprint density at radius 2 is 1.67 bits per heavy atom. The molecule has 1 saturated heterocycles. The fourth-order valence-corrected chi connectivity index (χ4v) is 3.24. The first-order valence-electron chi connectivity index (χ1n) is 7.75. The third-order valence-corrected chi connectivity index (χ3v) is 4.98. The van der Waals surface area contributed by atoms with E-state index < -0.39 is 0 Å². The van der Waals surface area contributed by atoms with E-state index in [2.05, 4.69) is 20.9 Å². The molecule has 0 bridgehead atoms. The summed E-state index contributed by atoms with van der Waals surface area (Å²) in [7, 11) is 0. The highest BCUT2D eigenvalue weighted by Gasteiger charge is 2.28. The van der Waals surface area contributed by atoms with Crippen molar-refractivity contribution >= 4 is 39.2 Å². The molecule has 2 aromatic rings. The molecule has 6 heteroatoms. The number of aromatic nitrogens is 1. The van der Waals surface area contributed by atoms with E-state index in [4.69, 9.17) is 11.6 Å². The van der Waals surface area contributed by atoms with Crippen molar-refractivity contribution in [2.45, 2.75) is 12.8 Å². The molecule has 0 spiro atoms. The number of nitrogens with zero attached hydrogens (tertiary/aromatic N) is 2. The topological polar surface area (TPSA) is 50.3 Å². The Labute approximate surface area is 154 Å². The van der Waals surface area contributed by atoms with Gasteiger partial charge in [0.25, 0.3) is 5.91 Å². The van der Waals surface area contributed by atoms with Gasteiger partial charge in [0.1, 0.15) is 4.60 Å². The predicted octanol–water partition coefficient (Wildman–Crippen LogP) is 4.23. The molecule has 24 heavy (non-hydrogen) atoms. The minimum Gasteiger partial charge on any atom is -0.339 e. The van der Waals surface area contributed by atoms with Crippen LogP contribution in [0.3, 0.4) is 0 Å². The number of Topliss-reactive ketones (excluding diaryl/α,β-unsaturated/α-hetero) is 1. The number of rotatable bonds is 3. The van der Waals surface area contributed by atoms with Gasteiger partial charge in [-0.05, 0) is 65.2 Å². The zero-order valence-electron chi connectivity index (χ0n) is 12.9. The fraction of sp³-hybridized carbons (Fsp3) is 0.278. The molecule has 3 rings (SSSR count). The largest absolute Gasteiger partial charge is 0.339 e. The molecule has 1 amide bonds. The Morgan fingerprint density at radius 1 is 1.04 bits per heavy atom. The van der Waals surface area contributed by atoms with Gasteiger partial charge in [-0.1, -0.05) is 11.6 Å². The summed E-state index contributed by atoms with van der Waals surface area (Å²) in [6.45, 7) is 1.16. The lowest BCUT2D eigenvalue weighted by atomic mass is 9.88. The van der Waals surface area contributed by atoms with Crippen LogP contribution in [0.4, 0.5) is 0 Å². The van der Waals surface area contributed by atoms with Crippen molar-refractivity contribution in [2.75, 3.05) is 13.1 Å². The molecule has 1 aliphatic rings. The normalized spacial score (nSPS) is 15.3. The number of amides is 1. The van der Waals surface area contributed by atoms with Gasteiger partial charge in [0.2, 0.25) is 0 Å². The molecule has 1 aromatic carbocycles. The SMILES string of the molecule is O=C(c1ccc(Cl)cc1)C1CCN(C(=O)c2ccc(Br)nc2)CC1. The standard InChI is InChI=1S/C18H16BrClN2O2/c19-16-6-3-14(11-21-16)18(24)22-9-7-13(8-10-22)17(23)12-1-4-15(20)5-2-12/h1-6,11,13H,7-10H2. The minimum atomic E-state index is -0.0433. The van der Waals surface area contributed by atoms with Gasteiger partial charge in [-0.2, -0.15) is 0 Å². The summed E-state index contributed by atoms with van der Waals surface area (Å²) >= 11 is 9.12. The second kappa shape index (κ2) is 7.45. The van der Waals surface area contributed by atoms with Gasteiger partial charge in [0.05, 0.1) is 5.56 Å². The lowest BCUT2D eigenvalue weighted by molar-refractivity contribution is 0.0650. The lowest BCUT2D eigenvalue weighted by Crippen LogP contribution is -2.40. The predicted molar refractivity (Wildman–Crippen MR) is 96.3 cm³/mol. The summed E-state index contributed by atoms with van der Waals surface area (Å²) in [4.78, 5) is 30.9. The molecule has 1 aromatic heterocycles. The van der Waals surface area contributed by atoms with E-state index >= 15 is 0 Å². The Morgan fingerprint density at radius 3 is 2.25 bits per heavy atom. The van der Waals surface area contributed by atoms with Gasteiger partial charge in [-0.15, -0.1) is 0 Å². The monoisotopic (exact) mass is 406 g/mol. The Kier molecular flexibility index (Phi) is 5.31. The summed E-state index contributed by atoms with van der Waals surface area (Å²) in [5.41, 5.74) is 1.25. The van der Waals surface area contributed by atoms with Crippen LogP contribution in [0.25, 0.3) is 0 Å². The Balaban J connectivity index is 1.61. The fourth-order valence-electron chi connectivity index (χ4n) is 2.88. The molecule has 0 atom stereocenters. The summed E-state index contributed by atoms with van der Waals surface area (Å²) in [5, 5.41) is 0.620. The summed E-state index contributed by atoms with van der Waals surface area (Å²) < 4.78 is 0.700. The molecule has 0 unspecified atom stereocenters. The van der Waals surface area contributed by atoms with E-state index in [1.807, 2.05) is 0 Å². The van der Waals surface area contributed by atoms with Gasteiger partial charge in [-0.3, -0.25) is 9.59 Å². The molecule has 124 valence electrons. The van der Waals surface area contributed by atoms with Crippen molar-refractivity contribution in [3.63, 3.8) is 0 Å². The Bertz CT molecular complexity index is 673. The van der Waals surface area contributed by atoms with Gasteiger partial charge < -0.3 is 4.90 Å². The number of ketones is 1. The highest BCUT2D eigenvalue weighted by Crippen LogP contribution is 2.24. The van der Waals surface area contributed by atoms with Crippen LogP contribution < -0.4 is 0 Å². The summed E-state index contributed by atoms with van der Waals surface area (Å²) in [6, 6.07) is 10.5. The van der Waals surface area contributed by atoms with Crippen LogP contribution in [-0.2, 0) is 0 Å². The quantitative estimate of drug-likeness (QED) is 0.565. The number of carbonyl (C=O) groups excluding carboxylic acids is 2. The zero-order chi connectivity index (χ0) is 17.1. The number of hydrogen-bond acceptors (Lipinski definition) is 3. The van der Waals surface area contributed by atoms with Gasteiger partial charge >= 0.3 is 0 Å². The molecule has 0 saturated carbocycles. The van der Waals surface area contributed by atoms with Gasteiger partial charge in [0, 0.05) is 35.8 Å². The van der Waals surface area contributed by atoms with Crippen LogP contribution in [0.5, 0.6) is 0 Å². The molecule has 0 aliphatic carbocycles. The van der Waals surface area contributed by atoms with Crippen LogP contribution in [0.2, 0.25) is 5.02 Å². The number of hydrogen-bond donors (Lipinski definition) is 0. The van der Waals surface area contributed by atoms with Crippen LogP contribution in [0.15, 0.2) is 47.2 Å². The molecular formula is C18H16BrClN2O2. The first-order chi connectivity index (χ1) is 11.5. The van der Waals surface area contributed by atoms with Crippen molar-refractivity contribution in [1.29, 1.82) is 0 Å². The Hall–Kier alpha value is -1.72. The van der Waals surface area contributed by atoms with E-state index in [1.165, 1.54) is 0 Å². The zero-order valence-corrected chi connectivity index (χ0v) is 15.3. The van der Waals surface area contributed by atoms with Crippen LogP contribution in [0, 0.1) is 5.92 Å². The lowest BCUT2D eigenvalue weighted by Gasteiger charge is -2.31. The number of carbonyl (C=O) groups is 2. The third-order valence-electron chi connectivity index (χ3n) is 4.26. The van der Waals surface area contributed by atoms with Crippen molar-refractivity contribution in [1.82, 2.24) is 9.88 Å². The number of pyridine rings is 1. The maximum Gasteiger partial charge on any atom is 0.255 e. The second-order valence-electron chi connectivity index (χ2n) is 5.81. The molecule has 1 aliphatic heterocycles. The number of benzene rings is 1. The first kappa shape index (κ1) is 17.1. The van der Waals surface area contributed by atoms with Crippen LogP contribution in [0.1, 0.15) is 33.6 Å². The van der Waals surface area contributed by atoms with Crippen LogP contribution in [-0.4, -0.2) is 34.7 Å². The van der Waals surface area contributed by atoms with E-state index in [9.17, 15) is 9.59 Å². The number of likely N-dealkylation sites (tertiary alicyclic amines) is 1. The molecule has 0 N–H and O–H groups in total. The van der Waals surface area contributed by atoms with E-state index in [0.717, 1.165) is 0 Å². The maximum absolute atomic E-state index is 12.5. The molecule has 0 radical (unpaired) electrons. The van der Waals surface area contributed by atoms with E-state index in [0.29, 0.717) is 46.7 Å². The smallest absolute Gasteiger partial charge is 0.255 e. The third kappa shape index (κ3) is 3.84. The van der Waals surface area contributed by atoms with Crippen molar-refractivity contribution in [3.8, 4) is 0 Å². The number of halogens is 2. The van der Waals surface area contributed by atoms with E-state index in [-0.39, 0.29) is 17.6 Å². The highest BCUT2D eigenvalue weighted by molar-refractivity contribution is 9.10. The van der Waals surface area contributed by atoms with E-state index in [1.54, 1.807) is 47.5 Å². The van der Waals surface area contributed by atoms with Crippen LogP contribution >= 0.6 is 27.5 Å².